The number of amides is 1. The van der Waals surface area contributed by atoms with Crippen LogP contribution in [0, 0.1) is 5.92 Å². The molecule has 1 aliphatic heterocycles. The van der Waals surface area contributed by atoms with Gasteiger partial charge in [-0.15, -0.1) is 0 Å². The summed E-state index contributed by atoms with van der Waals surface area (Å²) in [5.74, 6) is -1.10. The highest BCUT2D eigenvalue weighted by atomic mass is 32.2. The number of aromatic hydroxyl groups is 1. The van der Waals surface area contributed by atoms with Gasteiger partial charge in [0.1, 0.15) is 12.3 Å². The number of benzene rings is 2. The molecule has 28 heavy (non-hydrogen) atoms. The second-order valence-electron chi connectivity index (χ2n) is 6.78. The number of carbonyl (C=O) groups is 2. The molecule has 0 aliphatic carbocycles. The molecule has 0 aromatic heterocycles. The third kappa shape index (κ3) is 4.17. The van der Waals surface area contributed by atoms with E-state index in [1.807, 2.05) is 29.8 Å². The lowest BCUT2D eigenvalue weighted by Crippen LogP contribution is -2.29. The van der Waals surface area contributed by atoms with Gasteiger partial charge in [-0.25, -0.2) is 9.03 Å². The number of phenols is 1. The van der Waals surface area contributed by atoms with Gasteiger partial charge in [-0.3, -0.25) is 9.59 Å². The molecule has 2 aromatic carbocycles. The first-order valence-electron chi connectivity index (χ1n) is 9.06. The topological polar surface area (TPSA) is 104 Å². The van der Waals surface area contributed by atoms with Crippen LogP contribution >= 0.6 is 0 Å². The molecule has 1 unspecified atom stereocenters. The number of Topliss-reactive ketones (excluding diaryl/α,β-unsaturated/α-hetero) is 1. The molecule has 1 amide bonds. The normalized spacial score (nSPS) is 16.6. The van der Waals surface area contributed by atoms with Gasteiger partial charge in [0.05, 0.1) is 5.69 Å². The van der Waals surface area contributed by atoms with Gasteiger partial charge < -0.3 is 5.11 Å². The Balaban J connectivity index is 1.82. The van der Waals surface area contributed by atoms with Crippen molar-refractivity contribution >= 4 is 27.6 Å². The predicted molar refractivity (Wildman–Crippen MR) is 105 cm³/mol. The van der Waals surface area contributed by atoms with E-state index in [1.165, 1.54) is 12.1 Å². The number of anilines is 1. The molecule has 0 spiro atoms. The lowest BCUT2D eigenvalue weighted by molar-refractivity contribution is -0.117. The maximum absolute atomic E-state index is 12.8. The van der Waals surface area contributed by atoms with Crippen LogP contribution in [0.3, 0.4) is 0 Å². The molecule has 7 nitrogen and oxygen atoms in total. The summed E-state index contributed by atoms with van der Waals surface area (Å²) in [6, 6.07) is 13.7. The van der Waals surface area contributed by atoms with Crippen LogP contribution < -0.4 is 9.03 Å². The summed E-state index contributed by atoms with van der Waals surface area (Å²) in [6.07, 6.45) is 1.97. The summed E-state index contributed by atoms with van der Waals surface area (Å²) >= 11 is 0. The summed E-state index contributed by atoms with van der Waals surface area (Å²) in [4.78, 5) is 24.2. The van der Waals surface area contributed by atoms with E-state index in [-0.39, 0.29) is 29.7 Å². The molecule has 2 aromatic rings. The monoisotopic (exact) mass is 402 g/mol. The molecule has 2 N–H and O–H groups in total. The maximum atomic E-state index is 12.8. The summed E-state index contributed by atoms with van der Waals surface area (Å²) in [5, 5.41) is 10.3. The number of hydrogen-bond donors (Lipinski definition) is 2. The molecule has 1 atom stereocenters. The Bertz CT molecular complexity index is 989. The highest BCUT2D eigenvalue weighted by Gasteiger charge is 2.35. The second kappa shape index (κ2) is 8.02. The van der Waals surface area contributed by atoms with Gasteiger partial charge in [0.15, 0.2) is 5.78 Å². The average molecular weight is 402 g/mol. The van der Waals surface area contributed by atoms with Gasteiger partial charge in [-0.2, -0.15) is 8.42 Å². The van der Waals surface area contributed by atoms with Crippen molar-refractivity contribution in [1.82, 2.24) is 4.72 Å². The summed E-state index contributed by atoms with van der Waals surface area (Å²) in [6.45, 7) is 1.63. The van der Waals surface area contributed by atoms with Crippen LogP contribution in [-0.2, 0) is 21.4 Å². The third-order valence-electron chi connectivity index (χ3n) is 4.68. The van der Waals surface area contributed by atoms with Crippen molar-refractivity contribution in [2.75, 3.05) is 10.8 Å². The van der Waals surface area contributed by atoms with Crippen LogP contribution in [0.5, 0.6) is 5.75 Å². The molecule has 0 bridgehead atoms. The molecule has 3 rings (SSSR count). The Labute approximate surface area is 164 Å². The van der Waals surface area contributed by atoms with Crippen molar-refractivity contribution in [1.29, 1.82) is 0 Å². The largest absolute Gasteiger partial charge is 0.506 e. The van der Waals surface area contributed by atoms with Crippen LogP contribution in [-0.4, -0.2) is 31.8 Å². The number of phenolic OH excluding ortho intramolecular Hbond substituents is 1. The number of carbonyl (C=O) groups excluding carboxylic acids is 2. The van der Waals surface area contributed by atoms with Crippen molar-refractivity contribution in [3.8, 4) is 5.75 Å². The number of nitrogens with zero attached hydrogens (tertiary/aromatic N) is 1. The van der Waals surface area contributed by atoms with Crippen LogP contribution in [0.25, 0.3) is 0 Å². The van der Waals surface area contributed by atoms with E-state index in [4.69, 9.17) is 0 Å². The average Bonchev–Trinajstić information content (AvgIpc) is 2.93. The Morgan fingerprint density at radius 2 is 1.93 bits per heavy atom. The van der Waals surface area contributed by atoms with Crippen LogP contribution in [0.15, 0.2) is 48.5 Å². The lowest BCUT2D eigenvalue weighted by atomic mass is 9.88. The van der Waals surface area contributed by atoms with E-state index in [1.54, 1.807) is 18.2 Å². The SMILES string of the molecule is CCCC(Cc1ccc(N2CC(=O)NS2(=O)=O)c(O)c1)C(=O)c1ccccc1. The Morgan fingerprint density at radius 3 is 2.50 bits per heavy atom. The first-order valence-corrected chi connectivity index (χ1v) is 10.5. The fourth-order valence-corrected chi connectivity index (χ4v) is 4.53. The van der Waals surface area contributed by atoms with Gasteiger partial charge in [-0.05, 0) is 30.5 Å². The fraction of sp³-hybridized carbons (Fsp3) is 0.300. The van der Waals surface area contributed by atoms with E-state index < -0.39 is 16.1 Å². The van der Waals surface area contributed by atoms with Gasteiger partial charge in [0.25, 0.3) is 5.91 Å². The Hall–Kier alpha value is -2.87. The van der Waals surface area contributed by atoms with Gasteiger partial charge in [0.2, 0.25) is 0 Å². The Morgan fingerprint density at radius 1 is 1.21 bits per heavy atom. The summed E-state index contributed by atoms with van der Waals surface area (Å²) < 4.78 is 26.6. The van der Waals surface area contributed by atoms with Gasteiger partial charge in [-0.1, -0.05) is 49.7 Å². The minimum atomic E-state index is -3.99. The van der Waals surface area contributed by atoms with Crippen molar-refractivity contribution in [2.24, 2.45) is 5.92 Å². The minimum Gasteiger partial charge on any atom is -0.506 e. The zero-order valence-corrected chi connectivity index (χ0v) is 16.3. The maximum Gasteiger partial charge on any atom is 0.326 e. The van der Waals surface area contributed by atoms with Crippen LogP contribution in [0.4, 0.5) is 5.69 Å². The molecule has 1 fully saturated rings. The summed E-state index contributed by atoms with van der Waals surface area (Å²) in [7, 11) is -3.99. The van der Waals surface area contributed by atoms with Crippen molar-refractivity contribution in [3.05, 3.63) is 59.7 Å². The minimum absolute atomic E-state index is 0.0310. The van der Waals surface area contributed by atoms with Crippen LogP contribution in [0.2, 0.25) is 0 Å². The molecule has 0 radical (unpaired) electrons. The van der Waals surface area contributed by atoms with Gasteiger partial charge >= 0.3 is 10.2 Å². The van der Waals surface area contributed by atoms with E-state index in [0.717, 1.165) is 16.3 Å². The number of rotatable bonds is 7. The number of ketones is 1. The van der Waals surface area contributed by atoms with E-state index in [0.29, 0.717) is 18.4 Å². The first-order chi connectivity index (χ1) is 13.3. The van der Waals surface area contributed by atoms with E-state index in [2.05, 4.69) is 0 Å². The number of nitrogens with one attached hydrogen (secondary N) is 1. The van der Waals surface area contributed by atoms with Crippen molar-refractivity contribution in [3.63, 3.8) is 0 Å². The fourth-order valence-electron chi connectivity index (χ4n) is 3.37. The molecule has 0 saturated carbocycles. The first kappa shape index (κ1) is 19.9. The number of hydrogen-bond acceptors (Lipinski definition) is 5. The predicted octanol–water partition coefficient (Wildman–Crippen LogP) is 2.41. The molecule has 1 saturated heterocycles. The van der Waals surface area contributed by atoms with Crippen molar-refractivity contribution < 1.29 is 23.1 Å². The smallest absolute Gasteiger partial charge is 0.326 e. The summed E-state index contributed by atoms with van der Waals surface area (Å²) in [5.41, 5.74) is 1.40. The molecular weight excluding hydrogens is 380 g/mol. The zero-order valence-electron chi connectivity index (χ0n) is 15.5. The highest BCUT2D eigenvalue weighted by Crippen LogP contribution is 2.32. The Kier molecular flexibility index (Phi) is 5.69. The standard InChI is InChI=1S/C20H22N2O5S/c1-2-6-16(20(25)15-7-4-3-5-8-15)11-14-9-10-17(18(23)12-14)22-13-19(24)21-28(22,26)27/h3-5,7-10,12,16,23H,2,6,11,13H2,1H3,(H,21,24). The molecule has 1 aliphatic rings. The molecule has 8 heteroatoms. The third-order valence-corrected chi connectivity index (χ3v) is 6.07. The van der Waals surface area contributed by atoms with E-state index in [9.17, 15) is 23.1 Å². The van der Waals surface area contributed by atoms with Gasteiger partial charge in [0, 0.05) is 11.5 Å². The quantitative estimate of drug-likeness (QED) is 0.692. The van der Waals surface area contributed by atoms with Crippen LogP contribution in [0.1, 0.15) is 35.7 Å². The second-order valence-corrected chi connectivity index (χ2v) is 8.38. The highest BCUT2D eigenvalue weighted by molar-refractivity contribution is 7.92. The molecule has 1 heterocycles. The van der Waals surface area contributed by atoms with Crippen molar-refractivity contribution in [2.45, 2.75) is 26.2 Å². The van der Waals surface area contributed by atoms with E-state index >= 15 is 0 Å². The molecule has 148 valence electrons. The zero-order chi connectivity index (χ0) is 20.3. The lowest BCUT2D eigenvalue weighted by Gasteiger charge is -2.19. The molecular formula is C20H22N2O5S.